The Hall–Kier alpha value is -2.26. The van der Waals surface area contributed by atoms with Crippen molar-refractivity contribution in [1.29, 1.82) is 0 Å². The Labute approximate surface area is 108 Å². The molecule has 2 rings (SSSR count). The van der Waals surface area contributed by atoms with Crippen LogP contribution in [0.1, 0.15) is 16.1 Å². The first-order valence-electron chi connectivity index (χ1n) is 5.16. The monoisotopic (exact) mass is 282 g/mol. The quantitative estimate of drug-likeness (QED) is 0.707. The fourth-order valence-corrected chi connectivity index (χ4v) is 2.23. The van der Waals surface area contributed by atoms with Gasteiger partial charge in [0.05, 0.1) is 17.8 Å². The molecule has 2 aromatic rings. The standard InChI is InChI=1S/C10H10N4O4S/c15-10(16)7-1-2-9(11-5-7)19(17,18)13-6-8-3-4-12-14-8/h1-5,13H,6H2,(H,12,14)(H,15,16). The van der Waals surface area contributed by atoms with Crippen molar-refractivity contribution in [3.05, 3.63) is 41.9 Å². The molecule has 0 aliphatic rings. The van der Waals surface area contributed by atoms with Gasteiger partial charge in [-0.2, -0.15) is 5.10 Å². The summed E-state index contributed by atoms with van der Waals surface area (Å²) < 4.78 is 26.0. The molecule has 8 nitrogen and oxygen atoms in total. The van der Waals surface area contributed by atoms with Crippen LogP contribution in [0.3, 0.4) is 0 Å². The van der Waals surface area contributed by atoms with Crippen molar-refractivity contribution in [1.82, 2.24) is 19.9 Å². The second-order valence-corrected chi connectivity index (χ2v) is 5.31. The first kappa shape index (κ1) is 13.2. The molecule has 0 atom stereocenters. The average Bonchev–Trinajstić information content (AvgIpc) is 2.90. The number of hydrogen-bond donors (Lipinski definition) is 3. The van der Waals surface area contributed by atoms with Crippen molar-refractivity contribution in [2.24, 2.45) is 0 Å². The summed E-state index contributed by atoms with van der Waals surface area (Å²) in [5.74, 6) is -1.16. The number of aromatic carboxylic acids is 1. The molecule has 0 amide bonds. The van der Waals surface area contributed by atoms with Crippen LogP contribution in [0.4, 0.5) is 0 Å². The van der Waals surface area contributed by atoms with Crippen molar-refractivity contribution >= 4 is 16.0 Å². The molecule has 0 bridgehead atoms. The van der Waals surface area contributed by atoms with E-state index < -0.39 is 16.0 Å². The summed E-state index contributed by atoms with van der Waals surface area (Å²) in [7, 11) is -3.78. The van der Waals surface area contributed by atoms with Gasteiger partial charge in [0.15, 0.2) is 5.03 Å². The number of carboxylic acids is 1. The predicted octanol–water partition coefficient (Wildman–Crippen LogP) is -0.0186. The lowest BCUT2D eigenvalue weighted by atomic mass is 10.3. The highest BCUT2D eigenvalue weighted by atomic mass is 32.2. The van der Waals surface area contributed by atoms with Crippen LogP contribution in [0.2, 0.25) is 0 Å². The molecular formula is C10H10N4O4S. The molecule has 0 fully saturated rings. The molecule has 3 N–H and O–H groups in total. The van der Waals surface area contributed by atoms with Gasteiger partial charge in [0.25, 0.3) is 10.0 Å². The molecule has 0 saturated heterocycles. The molecule has 0 aliphatic heterocycles. The molecule has 0 unspecified atom stereocenters. The summed E-state index contributed by atoms with van der Waals surface area (Å²) in [6, 6.07) is 3.95. The molecule has 9 heteroatoms. The summed E-state index contributed by atoms with van der Waals surface area (Å²) in [6.07, 6.45) is 2.50. The highest BCUT2D eigenvalue weighted by Crippen LogP contribution is 2.07. The molecule has 0 saturated carbocycles. The van der Waals surface area contributed by atoms with E-state index in [1.54, 1.807) is 6.07 Å². The summed E-state index contributed by atoms with van der Waals surface area (Å²) >= 11 is 0. The highest BCUT2D eigenvalue weighted by molar-refractivity contribution is 7.89. The van der Waals surface area contributed by atoms with E-state index in [1.165, 1.54) is 12.3 Å². The van der Waals surface area contributed by atoms with Gasteiger partial charge in [-0.05, 0) is 18.2 Å². The van der Waals surface area contributed by atoms with Gasteiger partial charge in [-0.25, -0.2) is 22.9 Å². The van der Waals surface area contributed by atoms with E-state index >= 15 is 0 Å². The number of rotatable bonds is 5. The van der Waals surface area contributed by atoms with Gasteiger partial charge >= 0.3 is 5.97 Å². The summed E-state index contributed by atoms with van der Waals surface area (Å²) in [4.78, 5) is 14.2. The largest absolute Gasteiger partial charge is 0.478 e. The lowest BCUT2D eigenvalue weighted by Crippen LogP contribution is -2.24. The average molecular weight is 282 g/mol. The first-order chi connectivity index (χ1) is 8.99. The number of aromatic nitrogens is 3. The third-order valence-electron chi connectivity index (χ3n) is 2.27. The van der Waals surface area contributed by atoms with Crippen LogP contribution in [0.15, 0.2) is 35.6 Å². The van der Waals surface area contributed by atoms with Crippen LogP contribution in [0.25, 0.3) is 0 Å². The van der Waals surface area contributed by atoms with Crippen LogP contribution >= 0.6 is 0 Å². The Morgan fingerprint density at radius 3 is 2.68 bits per heavy atom. The second-order valence-electron chi connectivity index (χ2n) is 3.60. The molecule has 0 spiro atoms. The molecule has 0 radical (unpaired) electrons. The fourth-order valence-electron chi connectivity index (χ4n) is 1.30. The summed E-state index contributed by atoms with van der Waals surface area (Å²) in [5, 5.41) is 14.7. The van der Waals surface area contributed by atoms with E-state index in [0.717, 1.165) is 12.3 Å². The maximum Gasteiger partial charge on any atom is 0.337 e. The lowest BCUT2D eigenvalue weighted by molar-refractivity contribution is 0.0696. The summed E-state index contributed by atoms with van der Waals surface area (Å²) in [6.45, 7) is 0.0463. The molecule has 0 aromatic carbocycles. The normalized spacial score (nSPS) is 11.4. The van der Waals surface area contributed by atoms with E-state index in [0.29, 0.717) is 5.69 Å². The first-order valence-corrected chi connectivity index (χ1v) is 6.64. The van der Waals surface area contributed by atoms with Crippen molar-refractivity contribution in [3.8, 4) is 0 Å². The van der Waals surface area contributed by atoms with Crippen molar-refractivity contribution < 1.29 is 18.3 Å². The maximum atomic E-state index is 11.9. The number of carbonyl (C=O) groups is 1. The molecule has 0 aliphatic carbocycles. The van der Waals surface area contributed by atoms with Gasteiger partial charge < -0.3 is 5.11 Å². The Morgan fingerprint density at radius 1 is 1.37 bits per heavy atom. The van der Waals surface area contributed by atoms with Crippen LogP contribution in [0, 0.1) is 0 Å². The molecule has 2 aromatic heterocycles. The minimum absolute atomic E-state index is 0.0463. The molecule has 19 heavy (non-hydrogen) atoms. The van der Waals surface area contributed by atoms with Crippen LogP contribution in [-0.4, -0.2) is 34.7 Å². The number of sulfonamides is 1. The van der Waals surface area contributed by atoms with Gasteiger partial charge in [-0.15, -0.1) is 0 Å². The van der Waals surface area contributed by atoms with Gasteiger partial charge in [-0.1, -0.05) is 0 Å². The Morgan fingerprint density at radius 2 is 2.16 bits per heavy atom. The zero-order valence-corrected chi connectivity index (χ0v) is 10.4. The van der Waals surface area contributed by atoms with Crippen molar-refractivity contribution in [2.75, 3.05) is 0 Å². The third kappa shape index (κ3) is 3.14. The topological polar surface area (TPSA) is 125 Å². The molecular weight excluding hydrogens is 272 g/mol. The van der Waals surface area contributed by atoms with Crippen molar-refractivity contribution in [2.45, 2.75) is 11.6 Å². The Bertz CT molecular complexity index is 664. The van der Waals surface area contributed by atoms with Gasteiger partial charge in [0, 0.05) is 12.4 Å². The summed E-state index contributed by atoms with van der Waals surface area (Å²) in [5.41, 5.74) is 0.526. The van der Waals surface area contributed by atoms with E-state index in [-0.39, 0.29) is 17.1 Å². The molecule has 2 heterocycles. The fraction of sp³-hybridized carbons (Fsp3) is 0.100. The van der Waals surface area contributed by atoms with Crippen molar-refractivity contribution in [3.63, 3.8) is 0 Å². The van der Waals surface area contributed by atoms with E-state index in [2.05, 4.69) is 19.9 Å². The SMILES string of the molecule is O=C(O)c1ccc(S(=O)(=O)NCc2ccn[nH]2)nc1. The van der Waals surface area contributed by atoms with E-state index in [9.17, 15) is 13.2 Å². The van der Waals surface area contributed by atoms with Crippen LogP contribution in [0.5, 0.6) is 0 Å². The highest BCUT2D eigenvalue weighted by Gasteiger charge is 2.16. The van der Waals surface area contributed by atoms with Crippen LogP contribution < -0.4 is 4.72 Å². The number of carboxylic acid groups (broad SMARTS) is 1. The lowest BCUT2D eigenvalue weighted by Gasteiger charge is -2.04. The Kier molecular flexibility index (Phi) is 3.58. The van der Waals surface area contributed by atoms with E-state index in [4.69, 9.17) is 5.11 Å². The maximum absolute atomic E-state index is 11.9. The van der Waals surface area contributed by atoms with E-state index in [1.807, 2.05) is 0 Å². The zero-order chi connectivity index (χ0) is 13.9. The van der Waals surface area contributed by atoms with Gasteiger partial charge in [0.1, 0.15) is 0 Å². The smallest absolute Gasteiger partial charge is 0.337 e. The zero-order valence-electron chi connectivity index (χ0n) is 9.57. The minimum Gasteiger partial charge on any atom is -0.478 e. The number of nitrogens with one attached hydrogen (secondary N) is 2. The number of hydrogen-bond acceptors (Lipinski definition) is 5. The Balaban J connectivity index is 2.13. The number of pyridine rings is 1. The van der Waals surface area contributed by atoms with Gasteiger partial charge in [0.2, 0.25) is 0 Å². The predicted molar refractivity (Wildman–Crippen MR) is 63.8 cm³/mol. The molecule has 100 valence electrons. The minimum atomic E-state index is -3.78. The number of H-pyrrole nitrogens is 1. The van der Waals surface area contributed by atoms with Gasteiger partial charge in [-0.3, -0.25) is 5.10 Å². The van der Waals surface area contributed by atoms with Crippen LogP contribution in [-0.2, 0) is 16.6 Å². The number of nitrogens with zero attached hydrogens (tertiary/aromatic N) is 2. The third-order valence-corrected chi connectivity index (χ3v) is 3.59. The number of aromatic amines is 1. The second kappa shape index (κ2) is 5.16.